The quantitative estimate of drug-likeness (QED) is 0.731. The molecule has 0 atom stereocenters. The molecule has 0 bridgehead atoms. The largest absolute Gasteiger partial charge is 0.349 e. The van der Waals surface area contributed by atoms with Crippen LogP contribution in [0.15, 0.2) is 36.4 Å². The molecule has 0 saturated carbocycles. The molecule has 0 saturated heterocycles. The summed E-state index contributed by atoms with van der Waals surface area (Å²) in [6, 6.07) is 9.68. The summed E-state index contributed by atoms with van der Waals surface area (Å²) in [5.74, 6) is -1.85. The number of halogens is 2. The van der Waals surface area contributed by atoms with E-state index in [0.29, 0.717) is 24.3 Å². The van der Waals surface area contributed by atoms with Crippen molar-refractivity contribution in [3.05, 3.63) is 59.3 Å². The molecule has 116 valence electrons. The lowest BCUT2D eigenvalue weighted by atomic mass is 10.00. The summed E-state index contributed by atoms with van der Waals surface area (Å²) < 4.78 is 28.8. The number of carbonyl (C=O) groups is 1. The van der Waals surface area contributed by atoms with Gasteiger partial charge in [-0.25, -0.2) is 8.78 Å². The van der Waals surface area contributed by atoms with Gasteiger partial charge >= 0.3 is 0 Å². The number of amides is 1. The smallest absolute Gasteiger partial charge is 0.268 e. The van der Waals surface area contributed by atoms with E-state index < -0.39 is 11.6 Å². The Morgan fingerprint density at radius 2 is 1.91 bits per heavy atom. The highest BCUT2D eigenvalue weighted by molar-refractivity contribution is 6.04. The molecule has 0 unspecified atom stereocenters. The van der Waals surface area contributed by atoms with E-state index in [0.717, 1.165) is 28.1 Å². The molecule has 1 N–H and O–H groups in total. The summed E-state index contributed by atoms with van der Waals surface area (Å²) in [5, 5.41) is 3.75. The van der Waals surface area contributed by atoms with E-state index in [1.165, 1.54) is 6.07 Å². The van der Waals surface area contributed by atoms with Crippen molar-refractivity contribution in [2.24, 2.45) is 0 Å². The Balaban J connectivity index is 2.05. The first-order valence-electron chi connectivity index (χ1n) is 7.42. The number of carbonyl (C=O) groups excluding carboxylic acids is 1. The summed E-state index contributed by atoms with van der Waals surface area (Å²) in [4.78, 5) is 12.0. The number of aromatic nitrogens is 1. The molecule has 2 heterocycles. The summed E-state index contributed by atoms with van der Waals surface area (Å²) in [6.07, 6.45) is 0. The zero-order valence-corrected chi connectivity index (χ0v) is 12.5. The number of hydrogen-bond acceptors (Lipinski definition) is 1. The number of nitrogens with zero attached hydrogens (tertiary/aromatic N) is 1. The third-order valence-electron chi connectivity index (χ3n) is 4.22. The highest BCUT2D eigenvalue weighted by atomic mass is 19.2. The van der Waals surface area contributed by atoms with Crippen LogP contribution in [0.5, 0.6) is 0 Å². The van der Waals surface area contributed by atoms with Gasteiger partial charge in [0.2, 0.25) is 0 Å². The molecular formula is C18H14F2N2O. The van der Waals surface area contributed by atoms with Gasteiger partial charge in [0.05, 0.1) is 5.52 Å². The Hall–Kier alpha value is -2.69. The lowest BCUT2D eigenvalue weighted by molar-refractivity contribution is 0.0929. The maximum absolute atomic E-state index is 13.6. The second-order valence-corrected chi connectivity index (χ2v) is 5.82. The van der Waals surface area contributed by atoms with Crippen LogP contribution in [0.1, 0.15) is 16.1 Å². The Morgan fingerprint density at radius 1 is 1.09 bits per heavy atom. The number of fused-ring (bicyclic) bond motifs is 3. The second-order valence-electron chi connectivity index (χ2n) is 5.82. The molecule has 0 aliphatic carbocycles. The maximum atomic E-state index is 13.6. The van der Waals surface area contributed by atoms with Crippen LogP contribution in [0.4, 0.5) is 8.78 Å². The van der Waals surface area contributed by atoms with Crippen molar-refractivity contribution in [2.75, 3.05) is 6.54 Å². The number of nitrogens with one attached hydrogen (secondary N) is 1. The van der Waals surface area contributed by atoms with Crippen LogP contribution < -0.4 is 5.32 Å². The molecule has 4 rings (SSSR count). The Bertz CT molecular complexity index is 959. The molecule has 0 spiro atoms. The van der Waals surface area contributed by atoms with Crippen molar-refractivity contribution in [1.82, 2.24) is 9.88 Å². The molecule has 23 heavy (non-hydrogen) atoms. The molecule has 1 aliphatic heterocycles. The number of benzene rings is 2. The van der Waals surface area contributed by atoms with Crippen molar-refractivity contribution in [1.29, 1.82) is 0 Å². The number of aryl methyl sites for hydroxylation is 1. The zero-order valence-electron chi connectivity index (χ0n) is 12.5. The summed E-state index contributed by atoms with van der Waals surface area (Å²) in [7, 11) is 0. The molecule has 3 aromatic rings. The predicted molar refractivity (Wildman–Crippen MR) is 84.4 cm³/mol. The highest BCUT2D eigenvalue weighted by Crippen LogP contribution is 2.34. The maximum Gasteiger partial charge on any atom is 0.268 e. The monoisotopic (exact) mass is 312 g/mol. The van der Waals surface area contributed by atoms with Crippen LogP contribution >= 0.6 is 0 Å². The van der Waals surface area contributed by atoms with Crippen LogP contribution in [-0.2, 0) is 6.54 Å². The molecule has 5 heteroatoms. The molecule has 1 amide bonds. The van der Waals surface area contributed by atoms with Crippen molar-refractivity contribution >= 4 is 16.8 Å². The van der Waals surface area contributed by atoms with Crippen LogP contribution in [0.25, 0.3) is 22.0 Å². The number of rotatable bonds is 1. The van der Waals surface area contributed by atoms with E-state index in [4.69, 9.17) is 0 Å². The van der Waals surface area contributed by atoms with Crippen molar-refractivity contribution in [2.45, 2.75) is 13.5 Å². The molecule has 1 aromatic heterocycles. The van der Waals surface area contributed by atoms with Gasteiger partial charge in [-0.3, -0.25) is 4.79 Å². The van der Waals surface area contributed by atoms with E-state index in [2.05, 4.69) is 5.32 Å². The van der Waals surface area contributed by atoms with Crippen LogP contribution in [0, 0.1) is 18.6 Å². The fourth-order valence-corrected chi connectivity index (χ4v) is 3.24. The summed E-state index contributed by atoms with van der Waals surface area (Å²) in [5.41, 5.74) is 3.89. The normalized spacial score (nSPS) is 14.0. The SMILES string of the molecule is Cc1cc(-c2ccc(F)c(F)c2)c2c(c1)cc1n2CCNC1=O. The molecular weight excluding hydrogens is 298 g/mol. The summed E-state index contributed by atoms with van der Waals surface area (Å²) >= 11 is 0. The third kappa shape index (κ3) is 2.11. The van der Waals surface area contributed by atoms with E-state index in [1.807, 2.05) is 29.7 Å². The molecule has 0 fully saturated rings. The average molecular weight is 312 g/mol. The minimum atomic E-state index is -0.875. The van der Waals surface area contributed by atoms with Gasteiger partial charge in [-0.2, -0.15) is 0 Å². The minimum absolute atomic E-state index is 0.110. The van der Waals surface area contributed by atoms with Crippen molar-refractivity contribution in [3.63, 3.8) is 0 Å². The topological polar surface area (TPSA) is 34.0 Å². The molecule has 0 radical (unpaired) electrons. The first-order valence-corrected chi connectivity index (χ1v) is 7.42. The fourth-order valence-electron chi connectivity index (χ4n) is 3.24. The van der Waals surface area contributed by atoms with Gasteiger partial charge in [0.1, 0.15) is 5.69 Å². The van der Waals surface area contributed by atoms with Gasteiger partial charge in [-0.15, -0.1) is 0 Å². The molecule has 1 aliphatic rings. The average Bonchev–Trinajstić information content (AvgIpc) is 2.89. The Morgan fingerprint density at radius 3 is 2.70 bits per heavy atom. The molecule has 2 aromatic carbocycles. The predicted octanol–water partition coefficient (Wildman–Crippen LogP) is 3.64. The van der Waals surface area contributed by atoms with E-state index in [9.17, 15) is 13.6 Å². The Labute approximate surface area is 131 Å². The highest BCUT2D eigenvalue weighted by Gasteiger charge is 2.22. The van der Waals surface area contributed by atoms with E-state index in [1.54, 1.807) is 6.07 Å². The third-order valence-corrected chi connectivity index (χ3v) is 4.22. The van der Waals surface area contributed by atoms with Crippen molar-refractivity contribution < 1.29 is 13.6 Å². The minimum Gasteiger partial charge on any atom is -0.349 e. The first-order chi connectivity index (χ1) is 11.0. The lowest BCUT2D eigenvalue weighted by Gasteiger charge is -2.18. The van der Waals surface area contributed by atoms with Gasteiger partial charge in [-0.05, 0) is 48.4 Å². The number of hydrogen-bond donors (Lipinski definition) is 1. The Kier molecular flexibility index (Phi) is 2.98. The zero-order chi connectivity index (χ0) is 16.1. The lowest BCUT2D eigenvalue weighted by Crippen LogP contribution is -2.34. The standard InChI is InChI=1S/C18H14F2N2O/c1-10-6-12-9-16-18(23)21-4-5-22(16)17(12)13(7-10)11-2-3-14(19)15(20)8-11/h2-3,6-9H,4-5H2,1H3,(H,21,23). The first kappa shape index (κ1) is 13.9. The van der Waals surface area contributed by atoms with Crippen LogP contribution in [0.3, 0.4) is 0 Å². The summed E-state index contributed by atoms with van der Waals surface area (Å²) in [6.45, 7) is 3.16. The van der Waals surface area contributed by atoms with Gasteiger partial charge in [0, 0.05) is 24.0 Å². The van der Waals surface area contributed by atoms with Crippen LogP contribution in [-0.4, -0.2) is 17.0 Å². The second kappa shape index (κ2) is 4.91. The van der Waals surface area contributed by atoms with Gasteiger partial charge < -0.3 is 9.88 Å². The fraction of sp³-hybridized carbons (Fsp3) is 0.167. The van der Waals surface area contributed by atoms with Gasteiger partial charge in [0.25, 0.3) is 5.91 Å². The molecule has 3 nitrogen and oxygen atoms in total. The van der Waals surface area contributed by atoms with E-state index >= 15 is 0 Å². The van der Waals surface area contributed by atoms with E-state index in [-0.39, 0.29) is 5.91 Å². The van der Waals surface area contributed by atoms with Crippen LogP contribution in [0.2, 0.25) is 0 Å². The van der Waals surface area contributed by atoms with Crippen molar-refractivity contribution in [3.8, 4) is 11.1 Å². The van der Waals surface area contributed by atoms with Gasteiger partial charge in [-0.1, -0.05) is 6.07 Å². The van der Waals surface area contributed by atoms with Gasteiger partial charge in [0.15, 0.2) is 11.6 Å².